The first-order valence-corrected chi connectivity index (χ1v) is 9.77. The Morgan fingerprint density at radius 1 is 1.24 bits per heavy atom. The van der Waals surface area contributed by atoms with Gasteiger partial charge in [0.2, 0.25) is 5.91 Å². The van der Waals surface area contributed by atoms with Crippen molar-refractivity contribution in [1.82, 2.24) is 20.1 Å². The number of carbonyl (C=O) groups excluding carboxylic acids is 2. The molecule has 4 heterocycles. The van der Waals surface area contributed by atoms with Crippen LogP contribution in [0.15, 0.2) is 18.3 Å². The number of amides is 3. The number of rotatable bonds is 3. The van der Waals surface area contributed by atoms with Gasteiger partial charge in [-0.2, -0.15) is 0 Å². The van der Waals surface area contributed by atoms with E-state index >= 15 is 0 Å². The van der Waals surface area contributed by atoms with Gasteiger partial charge < -0.3 is 19.9 Å². The van der Waals surface area contributed by atoms with Crippen molar-refractivity contribution in [3.8, 4) is 5.75 Å². The fourth-order valence-corrected chi connectivity index (χ4v) is 4.38. The second-order valence-electron chi connectivity index (χ2n) is 8.13. The van der Waals surface area contributed by atoms with Gasteiger partial charge in [0.1, 0.15) is 5.75 Å². The number of nitrogens with zero attached hydrogens (tertiary/aromatic N) is 3. The molecule has 1 aromatic rings. The molecule has 1 spiro atoms. The van der Waals surface area contributed by atoms with Gasteiger partial charge in [-0.3, -0.25) is 9.78 Å². The molecule has 3 saturated heterocycles. The van der Waals surface area contributed by atoms with Crippen molar-refractivity contribution in [1.29, 1.82) is 0 Å². The number of carbonyl (C=O) groups is 2. The van der Waals surface area contributed by atoms with E-state index in [-0.39, 0.29) is 23.2 Å². The minimum absolute atomic E-state index is 0.0157. The molecule has 1 aromatic heterocycles. The van der Waals surface area contributed by atoms with Gasteiger partial charge in [0, 0.05) is 38.3 Å². The molecule has 0 aliphatic carbocycles. The van der Waals surface area contributed by atoms with Gasteiger partial charge >= 0.3 is 12.4 Å². The predicted molar refractivity (Wildman–Crippen MR) is 96.0 cm³/mol. The summed E-state index contributed by atoms with van der Waals surface area (Å²) in [5.74, 6) is 0.0646. The molecule has 3 amide bonds. The Morgan fingerprint density at radius 3 is 2.52 bits per heavy atom. The monoisotopic (exact) mass is 412 g/mol. The SMILES string of the molecule is O=C1CCC2(CN(C(=O)N3CCC(Cc4ccc(OC(F)(F)F)cn4)CC3)C2)N1. The maximum atomic E-state index is 12.6. The summed E-state index contributed by atoms with van der Waals surface area (Å²) < 4.78 is 40.4. The summed E-state index contributed by atoms with van der Waals surface area (Å²) >= 11 is 0. The van der Waals surface area contributed by atoms with E-state index in [1.54, 1.807) is 11.0 Å². The third-order valence-electron chi connectivity index (χ3n) is 5.91. The van der Waals surface area contributed by atoms with Crippen LogP contribution >= 0.6 is 0 Å². The van der Waals surface area contributed by atoms with E-state index < -0.39 is 6.36 Å². The fraction of sp³-hybridized carbons (Fsp3) is 0.632. The number of aromatic nitrogens is 1. The number of halogens is 3. The average molecular weight is 412 g/mol. The Hall–Kier alpha value is -2.52. The van der Waals surface area contributed by atoms with Crippen LogP contribution in [0.4, 0.5) is 18.0 Å². The zero-order chi connectivity index (χ0) is 20.6. The van der Waals surface area contributed by atoms with E-state index in [0.717, 1.165) is 25.5 Å². The van der Waals surface area contributed by atoms with Gasteiger partial charge in [0.25, 0.3) is 0 Å². The molecule has 7 nitrogen and oxygen atoms in total. The average Bonchev–Trinajstić information content (AvgIpc) is 3.03. The van der Waals surface area contributed by atoms with Crippen molar-refractivity contribution in [2.45, 2.75) is 44.0 Å². The maximum Gasteiger partial charge on any atom is 0.573 e. The lowest BCUT2D eigenvalue weighted by molar-refractivity contribution is -0.274. The number of alkyl halides is 3. The molecule has 3 aliphatic heterocycles. The highest BCUT2D eigenvalue weighted by molar-refractivity contribution is 5.82. The number of hydrogen-bond acceptors (Lipinski definition) is 4. The van der Waals surface area contributed by atoms with Crippen LogP contribution in [-0.4, -0.2) is 64.8 Å². The van der Waals surface area contributed by atoms with E-state index in [0.29, 0.717) is 50.6 Å². The van der Waals surface area contributed by atoms with Crippen molar-refractivity contribution in [3.63, 3.8) is 0 Å². The summed E-state index contributed by atoms with van der Waals surface area (Å²) in [7, 11) is 0. The molecule has 158 valence electrons. The molecular weight excluding hydrogens is 389 g/mol. The highest BCUT2D eigenvalue weighted by atomic mass is 19.4. The number of likely N-dealkylation sites (tertiary alicyclic amines) is 2. The largest absolute Gasteiger partial charge is 0.573 e. The molecule has 0 bridgehead atoms. The molecule has 0 aromatic carbocycles. The van der Waals surface area contributed by atoms with Crippen LogP contribution in [0.1, 0.15) is 31.4 Å². The van der Waals surface area contributed by atoms with Gasteiger partial charge in [-0.25, -0.2) is 4.79 Å². The molecule has 4 rings (SSSR count). The van der Waals surface area contributed by atoms with Crippen LogP contribution in [0.5, 0.6) is 5.75 Å². The highest BCUT2D eigenvalue weighted by Gasteiger charge is 2.50. The van der Waals surface area contributed by atoms with E-state index in [9.17, 15) is 22.8 Å². The number of pyridine rings is 1. The van der Waals surface area contributed by atoms with Crippen molar-refractivity contribution in [2.75, 3.05) is 26.2 Å². The molecule has 3 aliphatic rings. The third kappa shape index (κ3) is 4.56. The lowest BCUT2D eigenvalue weighted by Crippen LogP contribution is -2.70. The van der Waals surface area contributed by atoms with Crippen molar-refractivity contribution >= 4 is 11.9 Å². The summed E-state index contributed by atoms with van der Waals surface area (Å²) in [6.07, 6.45) is -0.00562. The zero-order valence-electron chi connectivity index (χ0n) is 15.9. The Labute approximate surface area is 166 Å². The smallest absolute Gasteiger partial charge is 0.404 e. The molecule has 29 heavy (non-hydrogen) atoms. The standard InChI is InChI=1S/C19H23F3N4O3/c20-19(21,22)29-15-2-1-14(23-10-15)9-13-4-7-25(8-5-13)17(28)26-11-18(12-26)6-3-16(27)24-18/h1-2,10,13H,3-9,11-12H2,(H,24,27). The Bertz CT molecular complexity index is 770. The number of hydrogen-bond donors (Lipinski definition) is 1. The number of nitrogens with one attached hydrogen (secondary N) is 1. The van der Waals surface area contributed by atoms with E-state index in [1.807, 2.05) is 4.90 Å². The zero-order valence-corrected chi connectivity index (χ0v) is 15.9. The number of urea groups is 1. The van der Waals surface area contributed by atoms with Gasteiger partial charge in [-0.1, -0.05) is 0 Å². The molecule has 0 saturated carbocycles. The quantitative estimate of drug-likeness (QED) is 0.827. The van der Waals surface area contributed by atoms with E-state index in [1.165, 1.54) is 6.07 Å². The molecule has 0 radical (unpaired) electrons. The van der Waals surface area contributed by atoms with Crippen LogP contribution in [0.2, 0.25) is 0 Å². The lowest BCUT2D eigenvalue weighted by Gasteiger charge is -2.49. The lowest BCUT2D eigenvalue weighted by atomic mass is 9.88. The van der Waals surface area contributed by atoms with Crippen LogP contribution in [-0.2, 0) is 11.2 Å². The van der Waals surface area contributed by atoms with Gasteiger partial charge in [-0.05, 0) is 43.7 Å². The van der Waals surface area contributed by atoms with Crippen LogP contribution < -0.4 is 10.1 Å². The van der Waals surface area contributed by atoms with E-state index in [2.05, 4.69) is 15.0 Å². The minimum atomic E-state index is -4.72. The Kier molecular flexibility index (Phi) is 5.04. The summed E-state index contributed by atoms with van der Waals surface area (Å²) in [5.41, 5.74) is 0.504. The van der Waals surface area contributed by atoms with E-state index in [4.69, 9.17) is 0 Å². The first-order valence-electron chi connectivity index (χ1n) is 9.77. The minimum Gasteiger partial charge on any atom is -0.404 e. The predicted octanol–water partition coefficient (Wildman–Crippen LogP) is 2.32. The number of piperidine rings is 1. The fourth-order valence-electron chi connectivity index (χ4n) is 4.38. The normalized spacial score (nSPS) is 21.8. The molecule has 1 N–H and O–H groups in total. The second kappa shape index (κ2) is 7.38. The van der Waals surface area contributed by atoms with Gasteiger partial charge in [0.15, 0.2) is 0 Å². The Morgan fingerprint density at radius 2 is 1.97 bits per heavy atom. The van der Waals surface area contributed by atoms with Crippen LogP contribution in [0.3, 0.4) is 0 Å². The van der Waals surface area contributed by atoms with Crippen LogP contribution in [0, 0.1) is 5.92 Å². The second-order valence-corrected chi connectivity index (χ2v) is 8.13. The third-order valence-corrected chi connectivity index (χ3v) is 5.91. The van der Waals surface area contributed by atoms with Crippen molar-refractivity contribution < 1.29 is 27.5 Å². The highest BCUT2D eigenvalue weighted by Crippen LogP contribution is 2.32. The molecule has 0 atom stereocenters. The molecule has 3 fully saturated rings. The molecular formula is C19H23F3N4O3. The molecule has 10 heteroatoms. The summed E-state index contributed by atoms with van der Waals surface area (Å²) in [6.45, 7) is 2.45. The van der Waals surface area contributed by atoms with Crippen molar-refractivity contribution in [2.24, 2.45) is 5.92 Å². The van der Waals surface area contributed by atoms with Gasteiger partial charge in [0.05, 0.1) is 11.7 Å². The number of ether oxygens (including phenoxy) is 1. The first-order chi connectivity index (χ1) is 13.7. The van der Waals surface area contributed by atoms with Crippen LogP contribution in [0.25, 0.3) is 0 Å². The summed E-state index contributed by atoms with van der Waals surface area (Å²) in [6, 6.07) is 2.84. The Balaban J connectivity index is 1.22. The first kappa shape index (κ1) is 19.8. The summed E-state index contributed by atoms with van der Waals surface area (Å²) in [5, 5.41) is 2.98. The molecule has 0 unspecified atom stereocenters. The van der Waals surface area contributed by atoms with Crippen molar-refractivity contribution in [3.05, 3.63) is 24.0 Å². The summed E-state index contributed by atoms with van der Waals surface area (Å²) in [4.78, 5) is 31.7. The maximum absolute atomic E-state index is 12.6. The topological polar surface area (TPSA) is 74.8 Å². The van der Waals surface area contributed by atoms with Gasteiger partial charge in [-0.15, -0.1) is 13.2 Å².